The van der Waals surface area contributed by atoms with Gasteiger partial charge in [-0.05, 0) is 31.0 Å². The molecule has 0 bridgehead atoms. The normalized spacial score (nSPS) is 16.4. The molecule has 1 aromatic carbocycles. The number of nitrogens with one attached hydrogen (secondary N) is 2. The highest BCUT2D eigenvalue weighted by Crippen LogP contribution is 2.21. The van der Waals surface area contributed by atoms with Crippen LogP contribution < -0.4 is 4.72 Å². The zero-order chi connectivity index (χ0) is 16.4. The number of rotatable bonds is 4. The average molecular weight is 338 g/mol. The van der Waals surface area contributed by atoms with Crippen molar-refractivity contribution in [2.24, 2.45) is 0 Å². The Labute approximate surface area is 134 Å². The first-order chi connectivity index (χ1) is 11.0. The number of fused-ring (bicyclic) bond motifs is 1. The zero-order valence-electron chi connectivity index (χ0n) is 12.7. The van der Waals surface area contributed by atoms with Gasteiger partial charge in [-0.1, -0.05) is 6.42 Å². The van der Waals surface area contributed by atoms with E-state index in [0.29, 0.717) is 29.8 Å². The Morgan fingerprint density at radius 1 is 1.30 bits per heavy atom. The highest BCUT2D eigenvalue weighted by atomic mass is 32.2. The largest absolute Gasteiger partial charge is 0.463 e. The summed E-state index contributed by atoms with van der Waals surface area (Å²) in [5, 5.41) is 0. The molecule has 0 radical (unpaired) electrons. The first-order valence-corrected chi connectivity index (χ1v) is 8.79. The Balaban J connectivity index is 1.84. The highest BCUT2D eigenvalue weighted by molar-refractivity contribution is 7.90. The Morgan fingerprint density at radius 3 is 2.74 bits per heavy atom. The van der Waals surface area contributed by atoms with E-state index < -0.39 is 16.2 Å². The summed E-state index contributed by atoms with van der Waals surface area (Å²) in [6.07, 6.45) is 2.81. The fourth-order valence-corrected chi connectivity index (χ4v) is 3.88. The summed E-state index contributed by atoms with van der Waals surface area (Å²) in [5.41, 5.74) is 1.54. The number of hydrogen-bond acceptors (Lipinski definition) is 5. The summed E-state index contributed by atoms with van der Waals surface area (Å²) < 4.78 is 33.4. The minimum absolute atomic E-state index is 0.0820. The lowest BCUT2D eigenvalue weighted by atomic mass is 10.2. The van der Waals surface area contributed by atoms with Crippen LogP contribution in [0.2, 0.25) is 0 Å². The van der Waals surface area contributed by atoms with Gasteiger partial charge in [0.25, 0.3) is 0 Å². The molecule has 0 aliphatic carbocycles. The van der Waals surface area contributed by atoms with Crippen LogP contribution in [0.3, 0.4) is 0 Å². The third-order valence-corrected chi connectivity index (χ3v) is 5.30. The Morgan fingerprint density at radius 2 is 2.04 bits per heavy atom. The molecule has 1 aliphatic rings. The highest BCUT2D eigenvalue weighted by Gasteiger charge is 2.24. The van der Waals surface area contributed by atoms with Crippen LogP contribution in [0.5, 0.6) is 0 Å². The molecule has 1 aromatic heterocycles. The number of H-pyrrole nitrogens is 1. The second-order valence-electron chi connectivity index (χ2n) is 5.38. The van der Waals surface area contributed by atoms with Crippen molar-refractivity contribution >= 4 is 32.9 Å². The molecule has 1 fully saturated rings. The third-order valence-electron chi connectivity index (χ3n) is 3.76. The molecule has 124 valence electrons. The molecule has 23 heavy (non-hydrogen) atoms. The number of ether oxygens (including phenoxy) is 1. The minimum Gasteiger partial charge on any atom is -0.463 e. The van der Waals surface area contributed by atoms with Crippen LogP contribution >= 0.6 is 0 Å². The lowest BCUT2D eigenvalue weighted by Crippen LogP contribution is -2.39. The summed E-state index contributed by atoms with van der Waals surface area (Å²) in [4.78, 5) is 18.4. The Bertz CT molecular complexity index is 824. The van der Waals surface area contributed by atoms with Gasteiger partial charge in [0.05, 0.1) is 23.8 Å². The number of nitrogens with zero attached hydrogens (tertiary/aromatic N) is 2. The van der Waals surface area contributed by atoms with E-state index in [0.717, 1.165) is 19.3 Å². The number of esters is 1. The van der Waals surface area contributed by atoms with Crippen LogP contribution in [-0.4, -0.2) is 48.9 Å². The van der Waals surface area contributed by atoms with Crippen LogP contribution in [0.15, 0.2) is 18.2 Å². The maximum Gasteiger partial charge on any atom is 0.374 e. The quantitative estimate of drug-likeness (QED) is 0.822. The number of piperidine rings is 1. The third kappa shape index (κ3) is 3.30. The van der Waals surface area contributed by atoms with Crippen LogP contribution in [-0.2, 0) is 14.9 Å². The number of benzene rings is 1. The van der Waals surface area contributed by atoms with Crippen molar-refractivity contribution in [1.82, 2.24) is 14.3 Å². The molecule has 1 aliphatic heterocycles. The number of anilines is 1. The molecular weight excluding hydrogens is 320 g/mol. The standard InChI is InChI=1S/C14H18N4O4S/c1-22-14(19)13-15-11-6-5-10(9-12(11)16-13)17-23(20,21)18-7-3-2-4-8-18/h5-6,9,17H,2-4,7-8H2,1H3,(H,15,16). The number of methoxy groups -OCH3 is 1. The van der Waals surface area contributed by atoms with Crippen LogP contribution in [0.25, 0.3) is 11.0 Å². The molecule has 0 atom stereocenters. The van der Waals surface area contributed by atoms with Gasteiger partial charge in [-0.2, -0.15) is 12.7 Å². The van der Waals surface area contributed by atoms with E-state index in [1.807, 2.05) is 0 Å². The van der Waals surface area contributed by atoms with Gasteiger partial charge in [0.15, 0.2) is 0 Å². The van der Waals surface area contributed by atoms with Crippen LogP contribution in [0, 0.1) is 0 Å². The second kappa shape index (κ2) is 6.17. The molecule has 2 N–H and O–H groups in total. The number of carbonyl (C=O) groups is 1. The zero-order valence-corrected chi connectivity index (χ0v) is 13.5. The molecular formula is C14H18N4O4S. The molecule has 1 saturated heterocycles. The Hall–Kier alpha value is -2.13. The fourth-order valence-electron chi connectivity index (χ4n) is 2.59. The van der Waals surface area contributed by atoms with Gasteiger partial charge in [0.1, 0.15) is 0 Å². The molecule has 0 unspecified atom stereocenters. The van der Waals surface area contributed by atoms with E-state index >= 15 is 0 Å². The monoisotopic (exact) mass is 338 g/mol. The van der Waals surface area contributed by atoms with Crippen molar-refractivity contribution in [2.75, 3.05) is 24.9 Å². The van der Waals surface area contributed by atoms with Crippen molar-refractivity contribution in [3.05, 3.63) is 24.0 Å². The minimum atomic E-state index is -3.56. The summed E-state index contributed by atoms with van der Waals surface area (Å²) >= 11 is 0. The molecule has 8 nitrogen and oxygen atoms in total. The summed E-state index contributed by atoms with van der Waals surface area (Å²) in [6.45, 7) is 1.07. The molecule has 0 saturated carbocycles. The summed E-state index contributed by atoms with van der Waals surface area (Å²) in [7, 11) is -2.29. The number of aromatic amines is 1. The van der Waals surface area contributed by atoms with Gasteiger partial charge >= 0.3 is 16.2 Å². The molecule has 3 rings (SSSR count). The lowest BCUT2D eigenvalue weighted by molar-refractivity contribution is 0.0588. The number of hydrogen-bond donors (Lipinski definition) is 2. The average Bonchev–Trinajstić information content (AvgIpc) is 2.98. The van der Waals surface area contributed by atoms with Crippen molar-refractivity contribution in [2.45, 2.75) is 19.3 Å². The van der Waals surface area contributed by atoms with E-state index in [1.54, 1.807) is 18.2 Å². The molecule has 2 heterocycles. The number of aromatic nitrogens is 2. The van der Waals surface area contributed by atoms with Crippen molar-refractivity contribution in [3.8, 4) is 0 Å². The van der Waals surface area contributed by atoms with Crippen molar-refractivity contribution in [3.63, 3.8) is 0 Å². The predicted octanol–water partition coefficient (Wildman–Crippen LogP) is 1.49. The molecule has 2 aromatic rings. The smallest absolute Gasteiger partial charge is 0.374 e. The summed E-state index contributed by atoms with van der Waals surface area (Å²) in [5.74, 6) is -0.491. The van der Waals surface area contributed by atoms with Gasteiger partial charge < -0.3 is 9.72 Å². The Kier molecular flexibility index (Phi) is 4.22. The van der Waals surface area contributed by atoms with E-state index in [4.69, 9.17) is 0 Å². The predicted molar refractivity (Wildman–Crippen MR) is 85.4 cm³/mol. The maximum atomic E-state index is 12.4. The van der Waals surface area contributed by atoms with Crippen LogP contribution in [0.4, 0.5) is 5.69 Å². The number of imidazole rings is 1. The first kappa shape index (κ1) is 15.8. The van der Waals surface area contributed by atoms with E-state index in [-0.39, 0.29) is 5.82 Å². The van der Waals surface area contributed by atoms with E-state index in [9.17, 15) is 13.2 Å². The first-order valence-electron chi connectivity index (χ1n) is 7.35. The van der Waals surface area contributed by atoms with E-state index in [2.05, 4.69) is 19.4 Å². The van der Waals surface area contributed by atoms with Crippen LogP contribution in [0.1, 0.15) is 29.9 Å². The van der Waals surface area contributed by atoms with Gasteiger partial charge in [-0.25, -0.2) is 9.78 Å². The van der Waals surface area contributed by atoms with Crippen molar-refractivity contribution < 1.29 is 17.9 Å². The lowest BCUT2D eigenvalue weighted by Gasteiger charge is -2.26. The molecule has 9 heteroatoms. The SMILES string of the molecule is COC(=O)c1nc2ccc(NS(=O)(=O)N3CCCCC3)cc2[nH]1. The maximum absolute atomic E-state index is 12.4. The molecule has 0 spiro atoms. The second-order valence-corrected chi connectivity index (χ2v) is 7.05. The molecule has 0 amide bonds. The topological polar surface area (TPSA) is 104 Å². The van der Waals surface area contributed by atoms with Gasteiger partial charge in [0.2, 0.25) is 5.82 Å². The van der Waals surface area contributed by atoms with Gasteiger partial charge in [-0.15, -0.1) is 0 Å². The van der Waals surface area contributed by atoms with Gasteiger partial charge in [-0.3, -0.25) is 4.72 Å². The van der Waals surface area contributed by atoms with E-state index in [1.165, 1.54) is 11.4 Å². The fraction of sp³-hybridized carbons (Fsp3) is 0.429. The van der Waals surface area contributed by atoms with Crippen molar-refractivity contribution in [1.29, 1.82) is 0 Å². The number of carbonyl (C=O) groups excluding carboxylic acids is 1. The van der Waals surface area contributed by atoms with Gasteiger partial charge in [0, 0.05) is 13.1 Å². The summed E-state index contributed by atoms with van der Waals surface area (Å²) in [6, 6.07) is 4.87.